The van der Waals surface area contributed by atoms with Crippen LogP contribution in [0, 0.1) is 6.08 Å². The second-order valence-electron chi connectivity index (χ2n) is 2.08. The first-order valence-electron chi connectivity index (χ1n) is 3.19. The van der Waals surface area contributed by atoms with Crippen molar-refractivity contribution in [1.29, 1.82) is 0 Å². The molecule has 0 spiro atoms. The molecule has 0 heterocycles. The molecule has 0 atom stereocenters. The van der Waals surface area contributed by atoms with Crippen LogP contribution in [0.3, 0.4) is 0 Å². The Labute approximate surface area is 75.8 Å². The Balaban J connectivity index is 0.000000640. The molecular weight excluding hydrogens is 275 g/mol. The molecule has 0 saturated carbocycles. The van der Waals surface area contributed by atoms with E-state index in [0.717, 1.165) is 6.42 Å². The van der Waals surface area contributed by atoms with Crippen LogP contribution in [-0.4, -0.2) is 0 Å². The molecule has 1 aliphatic carbocycles. The molecule has 0 N–H and O–H groups in total. The summed E-state index contributed by atoms with van der Waals surface area (Å²) >= 11 is 0. The van der Waals surface area contributed by atoms with E-state index in [1.165, 1.54) is 18.4 Å². The molecule has 0 fully saturated rings. The molecule has 0 radical (unpaired) electrons. The van der Waals surface area contributed by atoms with Crippen LogP contribution in [0.4, 0.5) is 0 Å². The second kappa shape index (κ2) is 5.16. The number of hydrogen-bond donors (Lipinski definition) is 0. The Morgan fingerprint density at radius 3 is 2.89 bits per heavy atom. The van der Waals surface area contributed by atoms with Gasteiger partial charge in [-0.15, -0.1) is 6.42 Å². The summed E-state index contributed by atoms with van der Waals surface area (Å²) in [7, 11) is 0. The molecular formula is C8H11Hf-. The van der Waals surface area contributed by atoms with Gasteiger partial charge in [0.2, 0.25) is 0 Å². The molecule has 1 rings (SSSR count). The molecule has 1 aliphatic rings. The van der Waals surface area contributed by atoms with Crippen molar-refractivity contribution in [2.24, 2.45) is 0 Å². The maximum absolute atomic E-state index is 3.14. The van der Waals surface area contributed by atoms with E-state index in [4.69, 9.17) is 0 Å². The molecule has 0 amide bonds. The molecule has 0 aromatic heterocycles. The van der Waals surface area contributed by atoms with Crippen LogP contribution in [0.1, 0.15) is 26.2 Å². The summed E-state index contributed by atoms with van der Waals surface area (Å²) in [5.41, 5.74) is 1.47. The van der Waals surface area contributed by atoms with Crippen LogP contribution < -0.4 is 0 Å². The Hall–Kier alpha value is 0.350. The Morgan fingerprint density at radius 1 is 1.67 bits per heavy atom. The summed E-state index contributed by atoms with van der Waals surface area (Å²) < 4.78 is 0. The SMILES string of the molecule is CCCC1=CC[C-]=C1.[Hf]. The van der Waals surface area contributed by atoms with Crippen molar-refractivity contribution in [3.05, 3.63) is 23.8 Å². The number of allylic oxidation sites excluding steroid dienone is 4. The summed E-state index contributed by atoms with van der Waals surface area (Å²) in [6.07, 6.45) is 11.0. The van der Waals surface area contributed by atoms with Crippen molar-refractivity contribution in [1.82, 2.24) is 0 Å². The fourth-order valence-electron chi connectivity index (χ4n) is 0.902. The van der Waals surface area contributed by atoms with Gasteiger partial charge in [0.05, 0.1) is 0 Å². The standard InChI is InChI=1S/C8H11.Hf/c1-2-5-8-6-3-4-7-8;/h6-7H,2-3,5H2,1H3;/q-1;. The van der Waals surface area contributed by atoms with Gasteiger partial charge >= 0.3 is 0 Å². The van der Waals surface area contributed by atoms with Gasteiger partial charge in [-0.1, -0.05) is 19.8 Å². The van der Waals surface area contributed by atoms with E-state index in [1.54, 1.807) is 0 Å². The van der Waals surface area contributed by atoms with E-state index >= 15 is 0 Å². The van der Waals surface area contributed by atoms with E-state index in [2.05, 4.69) is 25.2 Å². The summed E-state index contributed by atoms with van der Waals surface area (Å²) in [4.78, 5) is 0. The average Bonchev–Trinajstić information content (AvgIpc) is 2.19. The average molecular weight is 286 g/mol. The smallest absolute Gasteiger partial charge is 0 e. The molecule has 1 heteroatoms. The minimum atomic E-state index is 0. The summed E-state index contributed by atoms with van der Waals surface area (Å²) in [6, 6.07) is 0. The van der Waals surface area contributed by atoms with Gasteiger partial charge in [-0.05, 0) is 0 Å². The zero-order chi connectivity index (χ0) is 5.82. The van der Waals surface area contributed by atoms with Gasteiger partial charge in [0, 0.05) is 25.8 Å². The topological polar surface area (TPSA) is 0 Å². The molecule has 0 saturated heterocycles. The van der Waals surface area contributed by atoms with Crippen LogP contribution >= 0.6 is 0 Å². The zero-order valence-corrected chi connectivity index (χ0v) is 9.37. The van der Waals surface area contributed by atoms with Crippen LogP contribution in [0.15, 0.2) is 17.7 Å². The predicted octanol–water partition coefficient (Wildman–Crippen LogP) is 2.47. The quantitative estimate of drug-likeness (QED) is 0.540. The molecule has 0 nitrogen and oxygen atoms in total. The number of rotatable bonds is 2. The second-order valence-corrected chi connectivity index (χ2v) is 2.08. The van der Waals surface area contributed by atoms with Gasteiger partial charge < -0.3 is 0 Å². The van der Waals surface area contributed by atoms with E-state index in [1.807, 2.05) is 0 Å². The Bertz CT molecular complexity index is 123. The van der Waals surface area contributed by atoms with Crippen LogP contribution in [0.5, 0.6) is 0 Å². The molecule has 0 aliphatic heterocycles. The van der Waals surface area contributed by atoms with Crippen LogP contribution in [-0.2, 0) is 25.8 Å². The monoisotopic (exact) mass is 287 g/mol. The van der Waals surface area contributed by atoms with Crippen molar-refractivity contribution in [3.8, 4) is 0 Å². The summed E-state index contributed by atoms with van der Waals surface area (Å²) in [6.45, 7) is 2.20. The van der Waals surface area contributed by atoms with Crippen molar-refractivity contribution >= 4 is 0 Å². The summed E-state index contributed by atoms with van der Waals surface area (Å²) in [5, 5.41) is 0. The number of hydrogen-bond acceptors (Lipinski definition) is 0. The molecule has 0 bridgehead atoms. The summed E-state index contributed by atoms with van der Waals surface area (Å²) in [5.74, 6) is 0. The van der Waals surface area contributed by atoms with Crippen molar-refractivity contribution in [2.75, 3.05) is 0 Å². The Morgan fingerprint density at radius 2 is 2.44 bits per heavy atom. The maximum Gasteiger partial charge on any atom is 0 e. The third-order valence-electron chi connectivity index (χ3n) is 1.31. The fraction of sp³-hybridized carbons (Fsp3) is 0.500. The first-order chi connectivity index (χ1) is 3.93. The molecule has 0 unspecified atom stereocenters. The van der Waals surface area contributed by atoms with Crippen LogP contribution in [0.25, 0.3) is 0 Å². The van der Waals surface area contributed by atoms with Gasteiger partial charge in [-0.2, -0.15) is 6.08 Å². The van der Waals surface area contributed by atoms with Gasteiger partial charge in [0.1, 0.15) is 0 Å². The largest absolute Gasteiger partial charge is 0.273 e. The molecule has 9 heavy (non-hydrogen) atoms. The van der Waals surface area contributed by atoms with Gasteiger partial charge in [-0.25, -0.2) is 11.6 Å². The third-order valence-corrected chi connectivity index (χ3v) is 1.31. The normalized spacial score (nSPS) is 15.0. The van der Waals surface area contributed by atoms with E-state index in [-0.39, 0.29) is 25.8 Å². The van der Waals surface area contributed by atoms with Gasteiger partial charge in [0.15, 0.2) is 0 Å². The maximum atomic E-state index is 3.14. The fourth-order valence-corrected chi connectivity index (χ4v) is 0.902. The molecule has 48 valence electrons. The predicted molar refractivity (Wildman–Crippen MR) is 35.4 cm³/mol. The van der Waals surface area contributed by atoms with Crippen molar-refractivity contribution in [3.63, 3.8) is 0 Å². The third kappa shape index (κ3) is 3.14. The minimum absolute atomic E-state index is 0. The Kier molecular flexibility index (Phi) is 5.36. The van der Waals surface area contributed by atoms with Gasteiger partial charge in [-0.3, -0.25) is 6.08 Å². The van der Waals surface area contributed by atoms with Crippen molar-refractivity contribution in [2.45, 2.75) is 26.2 Å². The van der Waals surface area contributed by atoms with E-state index in [0.29, 0.717) is 0 Å². The van der Waals surface area contributed by atoms with E-state index < -0.39 is 0 Å². The van der Waals surface area contributed by atoms with Crippen LogP contribution in [0.2, 0.25) is 0 Å². The molecule has 0 aromatic carbocycles. The first kappa shape index (κ1) is 9.35. The molecule has 0 aromatic rings. The van der Waals surface area contributed by atoms with E-state index in [9.17, 15) is 0 Å². The zero-order valence-electron chi connectivity index (χ0n) is 5.78. The van der Waals surface area contributed by atoms with Crippen molar-refractivity contribution < 1.29 is 25.8 Å². The minimum Gasteiger partial charge on any atom is -0.273 e. The first-order valence-corrected chi connectivity index (χ1v) is 3.19. The van der Waals surface area contributed by atoms with Gasteiger partial charge in [0.25, 0.3) is 0 Å².